The van der Waals surface area contributed by atoms with Gasteiger partial charge in [-0.15, -0.1) is 21.5 Å². The minimum absolute atomic E-state index is 0.262. The molecule has 0 spiro atoms. The second-order valence-electron chi connectivity index (χ2n) is 7.75. The number of thiophene rings is 1. The van der Waals surface area contributed by atoms with Gasteiger partial charge in [-0.25, -0.2) is 9.38 Å². The van der Waals surface area contributed by atoms with Crippen molar-refractivity contribution in [1.82, 2.24) is 19.6 Å². The number of thioether (sulfide) groups is 2. The molecule has 27 heavy (non-hydrogen) atoms. The lowest BCUT2D eigenvalue weighted by atomic mass is 9.96. The van der Waals surface area contributed by atoms with Gasteiger partial charge in [0.25, 0.3) is 0 Å². The number of rotatable bonds is 6. The van der Waals surface area contributed by atoms with Crippen LogP contribution in [-0.4, -0.2) is 37.7 Å². The van der Waals surface area contributed by atoms with E-state index in [9.17, 15) is 0 Å². The van der Waals surface area contributed by atoms with E-state index in [-0.39, 0.29) is 6.10 Å². The van der Waals surface area contributed by atoms with Crippen LogP contribution in [0.2, 0.25) is 0 Å². The van der Waals surface area contributed by atoms with Crippen LogP contribution in [0.15, 0.2) is 10.3 Å². The second-order valence-corrected chi connectivity index (χ2v) is 10.7. The molecular weight excluding hydrogens is 396 g/mol. The third kappa shape index (κ3) is 3.61. The van der Waals surface area contributed by atoms with Gasteiger partial charge >= 0.3 is 0 Å². The van der Waals surface area contributed by atoms with E-state index in [1.807, 2.05) is 0 Å². The highest BCUT2D eigenvalue weighted by molar-refractivity contribution is 7.99. The van der Waals surface area contributed by atoms with Crippen LogP contribution in [0.4, 0.5) is 0 Å². The van der Waals surface area contributed by atoms with Crippen molar-refractivity contribution in [2.24, 2.45) is 11.8 Å². The maximum Gasteiger partial charge on any atom is 0.197 e. The number of hydrogen-bond donors (Lipinski definition) is 0. The molecule has 1 aliphatic heterocycles. The summed E-state index contributed by atoms with van der Waals surface area (Å²) in [5.41, 5.74) is 2.33. The van der Waals surface area contributed by atoms with Crippen LogP contribution in [0.5, 0.6) is 0 Å². The molecule has 0 saturated carbocycles. The molecule has 1 unspecified atom stereocenters. The van der Waals surface area contributed by atoms with E-state index in [2.05, 4.69) is 48.5 Å². The topological polar surface area (TPSA) is 52.3 Å². The molecular formula is C19H26N4OS3. The quantitative estimate of drug-likeness (QED) is 0.397. The Kier molecular flexibility index (Phi) is 5.69. The number of nitrogens with zero attached hydrogens (tertiary/aromatic N) is 4. The first kappa shape index (κ1) is 19.5. The molecule has 1 aliphatic rings. The van der Waals surface area contributed by atoms with Gasteiger partial charge in [0.15, 0.2) is 16.0 Å². The van der Waals surface area contributed by atoms with Crippen LogP contribution in [0.1, 0.15) is 44.6 Å². The Balaban J connectivity index is 1.82. The van der Waals surface area contributed by atoms with E-state index in [4.69, 9.17) is 9.72 Å². The Morgan fingerprint density at radius 2 is 2.04 bits per heavy atom. The largest absolute Gasteiger partial charge is 0.372 e. The Labute approximate surface area is 172 Å². The van der Waals surface area contributed by atoms with Crippen LogP contribution in [-0.2, 0) is 17.8 Å². The Bertz CT molecular complexity index is 963. The van der Waals surface area contributed by atoms with Crippen molar-refractivity contribution in [1.29, 1.82) is 0 Å². The van der Waals surface area contributed by atoms with E-state index in [0.717, 1.165) is 33.0 Å². The normalized spacial score (nSPS) is 17.5. The summed E-state index contributed by atoms with van der Waals surface area (Å²) in [6.07, 6.45) is 4.44. The fourth-order valence-corrected chi connectivity index (χ4v) is 6.31. The average molecular weight is 423 g/mol. The smallest absolute Gasteiger partial charge is 0.197 e. The average Bonchev–Trinajstić information content (AvgIpc) is 3.21. The van der Waals surface area contributed by atoms with Crippen molar-refractivity contribution in [2.45, 2.75) is 63.6 Å². The van der Waals surface area contributed by atoms with Crippen molar-refractivity contribution in [3.63, 3.8) is 0 Å². The first-order chi connectivity index (χ1) is 13.0. The standard InChI is InChI=1S/C19H26N4OS3/c1-10(2)6-7-26-19-22-21-16-15-12-8-13(11(3)4)24-9-14(12)27-17(15)20-18(25-5)23(16)19/h10-11,13H,6-9H2,1-5H3. The third-order valence-corrected chi connectivity index (χ3v) is 7.70. The Morgan fingerprint density at radius 1 is 1.22 bits per heavy atom. The molecule has 0 aromatic carbocycles. The summed E-state index contributed by atoms with van der Waals surface area (Å²) in [6.45, 7) is 9.65. The maximum atomic E-state index is 6.08. The fraction of sp³-hybridized carbons (Fsp3) is 0.632. The Morgan fingerprint density at radius 3 is 2.74 bits per heavy atom. The molecule has 0 aliphatic carbocycles. The summed E-state index contributed by atoms with van der Waals surface area (Å²) in [5, 5.41) is 12.2. The second kappa shape index (κ2) is 7.89. The lowest BCUT2D eigenvalue weighted by Crippen LogP contribution is -2.26. The van der Waals surface area contributed by atoms with Crippen LogP contribution in [0.3, 0.4) is 0 Å². The molecule has 8 heteroatoms. The van der Waals surface area contributed by atoms with E-state index in [0.29, 0.717) is 18.4 Å². The van der Waals surface area contributed by atoms with Crippen LogP contribution >= 0.6 is 34.9 Å². The molecule has 0 N–H and O–H groups in total. The molecule has 4 rings (SSSR count). The van der Waals surface area contributed by atoms with Crippen molar-refractivity contribution in [3.8, 4) is 0 Å². The zero-order chi connectivity index (χ0) is 19.1. The first-order valence-corrected chi connectivity index (χ1v) is 12.5. The molecule has 0 radical (unpaired) electrons. The number of fused-ring (bicyclic) bond motifs is 5. The predicted octanol–water partition coefficient (Wildman–Crippen LogP) is 5.30. The Hall–Kier alpha value is -0.830. The number of ether oxygens (including phenoxy) is 1. The van der Waals surface area contributed by atoms with Crippen LogP contribution in [0.25, 0.3) is 15.9 Å². The molecule has 5 nitrogen and oxygen atoms in total. The minimum atomic E-state index is 0.262. The number of aromatic nitrogens is 4. The minimum Gasteiger partial charge on any atom is -0.372 e. The van der Waals surface area contributed by atoms with Gasteiger partial charge in [0.05, 0.1) is 18.1 Å². The van der Waals surface area contributed by atoms with Gasteiger partial charge in [0.1, 0.15) is 4.83 Å². The molecule has 3 aromatic heterocycles. The highest BCUT2D eigenvalue weighted by Gasteiger charge is 2.28. The van der Waals surface area contributed by atoms with Gasteiger partial charge < -0.3 is 4.74 Å². The van der Waals surface area contributed by atoms with Crippen molar-refractivity contribution < 1.29 is 4.74 Å². The van der Waals surface area contributed by atoms with Crippen LogP contribution < -0.4 is 0 Å². The molecule has 0 fully saturated rings. The molecule has 3 aromatic rings. The fourth-order valence-electron chi connectivity index (χ4n) is 3.37. The van der Waals surface area contributed by atoms with Gasteiger partial charge in [-0.3, -0.25) is 0 Å². The SMILES string of the molecule is CSc1nc2sc3c(c2c2nnc(SCCC(C)C)n12)CC(C(C)C)OC3. The molecule has 0 bridgehead atoms. The van der Waals surface area contributed by atoms with Crippen molar-refractivity contribution in [3.05, 3.63) is 10.4 Å². The highest BCUT2D eigenvalue weighted by atomic mass is 32.2. The van der Waals surface area contributed by atoms with Gasteiger partial charge in [-0.1, -0.05) is 51.2 Å². The summed E-state index contributed by atoms with van der Waals surface area (Å²) >= 11 is 5.19. The molecule has 0 saturated heterocycles. The summed E-state index contributed by atoms with van der Waals surface area (Å²) in [6, 6.07) is 0. The monoisotopic (exact) mass is 422 g/mol. The van der Waals surface area contributed by atoms with Gasteiger partial charge in [-0.2, -0.15) is 0 Å². The summed E-state index contributed by atoms with van der Waals surface area (Å²) in [7, 11) is 0. The van der Waals surface area contributed by atoms with Crippen LogP contribution in [0, 0.1) is 11.8 Å². The van der Waals surface area contributed by atoms with Gasteiger partial charge in [0, 0.05) is 17.1 Å². The van der Waals surface area contributed by atoms with E-state index in [1.54, 1.807) is 34.9 Å². The first-order valence-electron chi connectivity index (χ1n) is 9.47. The summed E-state index contributed by atoms with van der Waals surface area (Å²) in [4.78, 5) is 7.33. The zero-order valence-corrected chi connectivity index (χ0v) is 18.9. The van der Waals surface area contributed by atoms with Gasteiger partial charge in [-0.05, 0) is 30.1 Å². The lowest BCUT2D eigenvalue weighted by molar-refractivity contribution is 0.00203. The summed E-state index contributed by atoms with van der Waals surface area (Å²) < 4.78 is 8.23. The van der Waals surface area contributed by atoms with Gasteiger partial charge in [0.2, 0.25) is 0 Å². The molecule has 146 valence electrons. The van der Waals surface area contributed by atoms with Crippen molar-refractivity contribution >= 4 is 50.7 Å². The van der Waals surface area contributed by atoms with E-state index < -0.39 is 0 Å². The zero-order valence-electron chi connectivity index (χ0n) is 16.5. The number of hydrogen-bond acceptors (Lipinski definition) is 7. The molecule has 1 atom stereocenters. The predicted molar refractivity (Wildman–Crippen MR) is 115 cm³/mol. The molecule has 4 heterocycles. The lowest BCUT2D eigenvalue weighted by Gasteiger charge is -2.26. The maximum absolute atomic E-state index is 6.08. The highest BCUT2D eigenvalue weighted by Crippen LogP contribution is 2.40. The van der Waals surface area contributed by atoms with Crippen molar-refractivity contribution in [2.75, 3.05) is 12.0 Å². The third-order valence-electron chi connectivity index (χ3n) is 5.00. The van der Waals surface area contributed by atoms with E-state index >= 15 is 0 Å². The van der Waals surface area contributed by atoms with E-state index in [1.165, 1.54) is 22.2 Å². The molecule has 0 amide bonds. The summed E-state index contributed by atoms with van der Waals surface area (Å²) in [5.74, 6) is 2.25.